The zero-order chi connectivity index (χ0) is 58.5. The molecule has 1 aromatic carbocycles. The molecule has 27 heteroatoms. The number of primary amides is 1. The molecule has 12 N–H and O–H groups in total. The maximum atomic E-state index is 13.0. The number of phosphoric acid groups is 1. The van der Waals surface area contributed by atoms with E-state index in [-0.39, 0.29) is 94.7 Å². The van der Waals surface area contributed by atoms with Crippen LogP contribution in [-0.2, 0) is 63.3 Å². The molecule has 0 aliphatic heterocycles. The summed E-state index contributed by atoms with van der Waals surface area (Å²) in [4.78, 5) is 110. The van der Waals surface area contributed by atoms with Gasteiger partial charge in [0.2, 0.25) is 41.9 Å². The van der Waals surface area contributed by atoms with Crippen molar-refractivity contribution < 1.29 is 66.6 Å². The van der Waals surface area contributed by atoms with Crippen LogP contribution in [0.4, 0.5) is 0 Å². The van der Waals surface area contributed by atoms with E-state index in [9.17, 15) is 33.3 Å². The second kappa shape index (κ2) is 49.6. The molecule has 2 unspecified atom stereocenters. The Labute approximate surface area is 469 Å². The molecule has 0 aliphatic carbocycles. The van der Waals surface area contributed by atoms with E-state index in [1.807, 2.05) is 48.5 Å². The number of nitrogens with one attached hydrogen (secondary N) is 6. The SMILES string of the molecule is CC.CCCN(CC(=O)N[C@@H](CC(C)C)C(=O)NCC(=O)N[C@@H](C)C(=O)NC[C@@H](C)OP(=O)(O)O)C(=O)CCOC(C)COC(C)CCNC(=O)[C@@H](N)CS.COCCCCc1ccccc1.Cc1cnc[nH]1.NC=O.S. The fraction of sp³-hybridized carbons (Fsp3) is 0.680. The quantitative estimate of drug-likeness (QED) is 0.0212. The average Bonchev–Trinajstić information content (AvgIpc) is 3.86. The molecule has 0 saturated heterocycles. The maximum absolute atomic E-state index is 13.0. The molecule has 1 aromatic heterocycles. The topological polar surface area (TPSA) is 358 Å². The number of nitrogens with two attached hydrogens (primary N) is 2. The summed E-state index contributed by atoms with van der Waals surface area (Å²) in [5.41, 5.74) is 12.3. The Morgan fingerprint density at radius 2 is 1.52 bits per heavy atom. The van der Waals surface area contributed by atoms with Crippen LogP contribution in [0.25, 0.3) is 0 Å². The van der Waals surface area contributed by atoms with Gasteiger partial charge >= 0.3 is 7.82 Å². The summed E-state index contributed by atoms with van der Waals surface area (Å²) >= 11 is 4.00. The van der Waals surface area contributed by atoms with Gasteiger partial charge in [0, 0.05) is 51.0 Å². The Kier molecular flexibility index (Phi) is 50.8. The second-order valence-corrected chi connectivity index (χ2v) is 19.0. The number of nitrogens with zero attached hydrogens (tertiary/aromatic N) is 2. The number of hydrogen-bond acceptors (Lipinski definition) is 15. The molecular weight excluding hydrogens is 1060 g/mol. The van der Waals surface area contributed by atoms with Crippen LogP contribution in [0.2, 0.25) is 0 Å². The molecule has 0 radical (unpaired) electrons. The zero-order valence-electron chi connectivity index (χ0n) is 47.2. The van der Waals surface area contributed by atoms with Gasteiger partial charge in [-0.15, -0.1) is 0 Å². The Morgan fingerprint density at radius 1 is 0.883 bits per heavy atom. The minimum absolute atomic E-state index is 0. The average molecular weight is 1160 g/mol. The van der Waals surface area contributed by atoms with Crippen molar-refractivity contribution in [3.63, 3.8) is 0 Å². The molecule has 0 saturated carbocycles. The fourth-order valence-corrected chi connectivity index (χ4v) is 6.80. The molecule has 1 heterocycles. The molecular formula is C50H95N10O14PS2. The number of methoxy groups -OCH3 is 1. The van der Waals surface area contributed by atoms with Crippen molar-refractivity contribution in [3.8, 4) is 0 Å². The standard InChI is InChI=1S/C32H62N7O12PS.C11H16O.C4H6N2.C2H6.CH3NO.H2S/c1-8-12-39(29(42)10-13-49-23(6)18-50-21(4)9-11-34-31(44)25(33)19-53)17-28(41)38-26(14-20(2)3)32(45)36-16-27(40)37-24(7)30(43)35-15-22(5)51-52(46,47)48;1-12-10-6-5-9-11-7-3-2-4-8-11;1-4-2-5-3-6-4;1-2;2-1-3;/h20-26,53H,8-19,33H2,1-7H3,(H,34,44)(H,35,43)(H,36,45)(H,37,40)(H,38,41)(H2,46,47,48);2-4,7-8H,5-6,9-10H2,1H3;2-3H,1H3,(H,5,6);1-2H3;1H,(H2,2,3);1H2/t21?,22-,23?,24+,25+,26+;;;;;/m1...../s1. The monoisotopic (exact) mass is 1150 g/mol. The zero-order valence-corrected chi connectivity index (χ0v) is 50.0. The molecule has 0 spiro atoms. The van der Waals surface area contributed by atoms with Crippen LogP contribution in [0.1, 0.15) is 112 Å². The summed E-state index contributed by atoms with van der Waals surface area (Å²) in [5, 5.41) is 12.6. The number of aromatic amines is 1. The lowest BCUT2D eigenvalue weighted by Crippen LogP contribution is -2.53. The van der Waals surface area contributed by atoms with Crippen LogP contribution in [0.3, 0.4) is 0 Å². The lowest BCUT2D eigenvalue weighted by Gasteiger charge is -2.25. The Hall–Kier alpha value is -4.63. The minimum Gasteiger partial charge on any atom is -0.385 e. The summed E-state index contributed by atoms with van der Waals surface area (Å²) < 4.78 is 31.8. The van der Waals surface area contributed by atoms with Crippen molar-refractivity contribution in [1.82, 2.24) is 41.5 Å². The number of ether oxygens (including phenoxy) is 3. The first kappa shape index (κ1) is 78.9. The van der Waals surface area contributed by atoms with E-state index >= 15 is 0 Å². The highest BCUT2D eigenvalue weighted by molar-refractivity contribution is 7.80. The number of rotatable bonds is 33. The third-order valence-electron chi connectivity index (χ3n) is 9.87. The first-order chi connectivity index (χ1) is 35.9. The van der Waals surface area contributed by atoms with E-state index in [1.165, 1.54) is 37.2 Å². The number of carbonyl (C=O) groups excluding carboxylic acids is 7. The number of phosphoric ester groups is 1. The van der Waals surface area contributed by atoms with Gasteiger partial charge in [0.15, 0.2) is 0 Å². The highest BCUT2D eigenvalue weighted by Gasteiger charge is 2.26. The number of benzene rings is 1. The molecule has 0 fully saturated rings. The first-order valence-electron chi connectivity index (χ1n) is 25.6. The number of imidazole rings is 1. The lowest BCUT2D eigenvalue weighted by atomic mass is 10.0. The predicted molar refractivity (Wildman–Crippen MR) is 306 cm³/mol. The number of hydrogen-bond donors (Lipinski definition) is 11. The van der Waals surface area contributed by atoms with E-state index in [0.717, 1.165) is 18.7 Å². The van der Waals surface area contributed by atoms with Gasteiger partial charge < -0.3 is 71.9 Å². The van der Waals surface area contributed by atoms with Crippen LogP contribution in [0.15, 0.2) is 42.9 Å². The van der Waals surface area contributed by atoms with Crippen molar-refractivity contribution in [2.75, 3.05) is 65.4 Å². The number of aryl methyl sites for hydroxylation is 2. The number of carbonyl (C=O) groups is 7. The second-order valence-electron chi connectivity index (χ2n) is 17.5. The van der Waals surface area contributed by atoms with Crippen LogP contribution in [0, 0.1) is 12.8 Å². The minimum atomic E-state index is -4.73. The number of amides is 7. The number of aromatic nitrogens is 2. The van der Waals surface area contributed by atoms with Crippen molar-refractivity contribution in [2.45, 2.75) is 151 Å². The van der Waals surface area contributed by atoms with Crippen LogP contribution in [-0.4, -0.2) is 168 Å². The number of unbranched alkanes of at least 4 members (excludes halogenated alkanes) is 1. The van der Waals surface area contributed by atoms with E-state index < -0.39 is 62.2 Å². The third kappa shape index (κ3) is 47.1. The summed E-state index contributed by atoms with van der Waals surface area (Å²) in [5.74, 6) is -2.86. The largest absolute Gasteiger partial charge is 0.469 e. The highest BCUT2D eigenvalue weighted by Crippen LogP contribution is 2.37. The van der Waals surface area contributed by atoms with Crippen LogP contribution < -0.4 is 38.1 Å². The van der Waals surface area contributed by atoms with Crippen LogP contribution >= 0.6 is 33.9 Å². The Balaban J connectivity index is -0.000000904. The molecule has 0 bridgehead atoms. The van der Waals surface area contributed by atoms with Gasteiger partial charge in [0.25, 0.3) is 0 Å². The fourth-order valence-electron chi connectivity index (χ4n) is 6.09. The van der Waals surface area contributed by atoms with Crippen LogP contribution in [0.5, 0.6) is 0 Å². The lowest BCUT2D eigenvalue weighted by molar-refractivity contribution is -0.138. The molecule has 24 nitrogen and oxygen atoms in total. The van der Waals surface area contributed by atoms with Gasteiger partial charge in [-0.2, -0.15) is 26.1 Å². The smallest absolute Gasteiger partial charge is 0.385 e. The molecule has 446 valence electrons. The molecule has 77 heavy (non-hydrogen) atoms. The molecule has 2 aromatic rings. The van der Waals surface area contributed by atoms with Crippen molar-refractivity contribution in [1.29, 1.82) is 0 Å². The third-order valence-corrected chi connectivity index (χ3v) is 10.9. The first-order valence-corrected chi connectivity index (χ1v) is 27.8. The molecule has 7 amide bonds. The molecule has 2 rings (SSSR count). The van der Waals surface area contributed by atoms with E-state index in [1.54, 1.807) is 26.6 Å². The summed E-state index contributed by atoms with van der Waals surface area (Å²) in [7, 11) is -2.98. The predicted octanol–water partition coefficient (Wildman–Crippen LogP) is 2.57. The van der Waals surface area contributed by atoms with Crippen molar-refractivity contribution >= 4 is 75.8 Å². The van der Waals surface area contributed by atoms with Gasteiger partial charge in [0.1, 0.15) is 12.1 Å². The number of H-pyrrole nitrogens is 1. The van der Waals surface area contributed by atoms with Gasteiger partial charge in [-0.25, -0.2) is 9.55 Å². The van der Waals surface area contributed by atoms with Gasteiger partial charge in [0.05, 0.1) is 63.4 Å². The normalized spacial score (nSPS) is 12.8. The van der Waals surface area contributed by atoms with Gasteiger partial charge in [-0.1, -0.05) is 65.0 Å². The van der Waals surface area contributed by atoms with E-state index in [2.05, 4.69) is 89.8 Å². The molecule has 0 aliphatic rings. The summed E-state index contributed by atoms with van der Waals surface area (Å²) in [6.45, 7) is 18.9. The van der Waals surface area contributed by atoms with Gasteiger partial charge in [-0.3, -0.25) is 38.1 Å². The van der Waals surface area contributed by atoms with Crippen molar-refractivity contribution in [3.05, 3.63) is 54.1 Å². The number of thiol groups is 1. The summed E-state index contributed by atoms with van der Waals surface area (Å²) in [6, 6.07) is 7.87. The van der Waals surface area contributed by atoms with E-state index in [0.29, 0.717) is 25.9 Å². The Morgan fingerprint density at radius 3 is 2.04 bits per heavy atom. The van der Waals surface area contributed by atoms with E-state index in [4.69, 9.17) is 34.5 Å². The maximum Gasteiger partial charge on any atom is 0.469 e. The summed E-state index contributed by atoms with van der Waals surface area (Å²) in [6.07, 6.45) is 7.21. The molecule has 6 atom stereocenters. The Bertz CT molecular complexity index is 1890. The highest BCUT2D eigenvalue weighted by atomic mass is 32.1. The van der Waals surface area contributed by atoms with Crippen molar-refractivity contribution in [2.24, 2.45) is 17.4 Å². The van der Waals surface area contributed by atoms with Gasteiger partial charge in [-0.05, 0) is 84.6 Å².